The Morgan fingerprint density at radius 3 is 2.61 bits per heavy atom. The highest BCUT2D eigenvalue weighted by molar-refractivity contribution is 5.94. The number of likely N-dealkylation sites (tertiary alicyclic amines) is 1. The molecule has 3 rings (SSSR count). The molecule has 1 aromatic rings. The molecule has 0 bridgehead atoms. The number of carbonyl (C=O) groups is 2. The van der Waals surface area contributed by atoms with Gasteiger partial charge in [0, 0.05) is 45.7 Å². The van der Waals surface area contributed by atoms with Gasteiger partial charge in [-0.25, -0.2) is 0 Å². The number of aryl methyl sites for hydroxylation is 1. The third-order valence-electron chi connectivity index (χ3n) is 5.45. The van der Waals surface area contributed by atoms with Gasteiger partial charge < -0.3 is 19.5 Å². The van der Waals surface area contributed by atoms with E-state index in [0.29, 0.717) is 5.56 Å². The zero-order valence-corrected chi connectivity index (χ0v) is 13.9. The molecule has 1 atom stereocenters. The largest absolute Gasteiger partial charge is 0.375 e. The third-order valence-corrected chi connectivity index (χ3v) is 5.45. The van der Waals surface area contributed by atoms with Crippen LogP contribution < -0.4 is 5.32 Å². The lowest BCUT2D eigenvalue weighted by Gasteiger charge is -2.54. The van der Waals surface area contributed by atoms with Crippen LogP contribution in [-0.2, 0) is 16.6 Å². The minimum atomic E-state index is 0.00700. The molecule has 1 N–H and O–H groups in total. The van der Waals surface area contributed by atoms with Gasteiger partial charge in [-0.3, -0.25) is 9.59 Å². The standard InChI is InChI=1S/C17H25N3O3/c1-19-8-4-13(11-19)16(22)18-14-3-5-17(14)6-9-20(10-7-17)15(21)12-23-2/h4,8,11,14H,3,5-7,9-10,12H2,1-2H3,(H,18,22)/t14-/m1/s1. The lowest BCUT2D eigenvalue weighted by molar-refractivity contribution is -0.139. The summed E-state index contributed by atoms with van der Waals surface area (Å²) < 4.78 is 6.80. The molecular weight excluding hydrogens is 294 g/mol. The van der Waals surface area contributed by atoms with Gasteiger partial charge in [0.2, 0.25) is 5.91 Å². The van der Waals surface area contributed by atoms with Gasteiger partial charge in [0.05, 0.1) is 5.56 Å². The van der Waals surface area contributed by atoms with Gasteiger partial charge in [-0.15, -0.1) is 0 Å². The van der Waals surface area contributed by atoms with Crippen LogP contribution in [0.1, 0.15) is 36.0 Å². The molecule has 6 nitrogen and oxygen atoms in total. The summed E-state index contributed by atoms with van der Waals surface area (Å²) in [4.78, 5) is 26.1. The van der Waals surface area contributed by atoms with Crippen LogP contribution in [0.3, 0.4) is 0 Å². The van der Waals surface area contributed by atoms with Crippen LogP contribution in [0.25, 0.3) is 0 Å². The van der Waals surface area contributed by atoms with Gasteiger partial charge in [0.25, 0.3) is 5.91 Å². The number of hydrogen-bond donors (Lipinski definition) is 1. The van der Waals surface area contributed by atoms with Crippen LogP contribution in [0.2, 0.25) is 0 Å². The molecule has 1 aliphatic carbocycles. The van der Waals surface area contributed by atoms with Crippen molar-refractivity contribution in [3.63, 3.8) is 0 Å². The van der Waals surface area contributed by atoms with Crippen molar-refractivity contribution in [2.45, 2.75) is 31.7 Å². The zero-order chi connectivity index (χ0) is 16.4. The Balaban J connectivity index is 1.55. The molecule has 23 heavy (non-hydrogen) atoms. The second-order valence-corrected chi connectivity index (χ2v) is 6.81. The van der Waals surface area contributed by atoms with Crippen molar-refractivity contribution in [3.8, 4) is 0 Å². The van der Waals surface area contributed by atoms with E-state index in [1.807, 2.05) is 35.0 Å². The highest BCUT2D eigenvalue weighted by atomic mass is 16.5. The van der Waals surface area contributed by atoms with Crippen molar-refractivity contribution in [1.29, 1.82) is 0 Å². The summed E-state index contributed by atoms with van der Waals surface area (Å²) in [6.07, 6.45) is 7.81. The minimum Gasteiger partial charge on any atom is -0.375 e. The molecule has 1 saturated heterocycles. The Hall–Kier alpha value is -1.82. The summed E-state index contributed by atoms with van der Waals surface area (Å²) in [6.45, 7) is 1.68. The number of nitrogens with zero attached hydrogens (tertiary/aromatic N) is 2. The fraction of sp³-hybridized carbons (Fsp3) is 0.647. The number of ether oxygens (including phenoxy) is 1. The van der Waals surface area contributed by atoms with Crippen molar-refractivity contribution in [2.75, 3.05) is 26.8 Å². The highest BCUT2D eigenvalue weighted by Crippen LogP contribution is 2.49. The number of piperidine rings is 1. The second-order valence-electron chi connectivity index (χ2n) is 6.81. The van der Waals surface area contributed by atoms with Gasteiger partial charge in [0.15, 0.2) is 0 Å². The maximum Gasteiger partial charge on any atom is 0.253 e. The van der Waals surface area contributed by atoms with Crippen molar-refractivity contribution in [2.24, 2.45) is 12.5 Å². The summed E-state index contributed by atoms with van der Waals surface area (Å²) >= 11 is 0. The number of rotatable bonds is 4. The van der Waals surface area contributed by atoms with E-state index in [9.17, 15) is 9.59 Å². The van der Waals surface area contributed by atoms with E-state index in [4.69, 9.17) is 4.74 Å². The van der Waals surface area contributed by atoms with Gasteiger partial charge in [-0.05, 0) is 37.2 Å². The van der Waals surface area contributed by atoms with Crippen molar-refractivity contribution >= 4 is 11.8 Å². The average molecular weight is 319 g/mol. The summed E-state index contributed by atoms with van der Waals surface area (Å²) in [5, 5.41) is 3.20. The lowest BCUT2D eigenvalue weighted by Crippen LogP contribution is -2.59. The van der Waals surface area contributed by atoms with E-state index in [-0.39, 0.29) is 29.9 Å². The number of nitrogens with one attached hydrogen (secondary N) is 1. The fourth-order valence-corrected chi connectivity index (χ4v) is 3.82. The van der Waals surface area contributed by atoms with Crippen LogP contribution in [0.5, 0.6) is 0 Å². The van der Waals surface area contributed by atoms with E-state index in [0.717, 1.165) is 38.8 Å². The van der Waals surface area contributed by atoms with Crippen LogP contribution in [-0.4, -0.2) is 54.1 Å². The summed E-state index contributed by atoms with van der Waals surface area (Å²) in [6, 6.07) is 2.07. The molecule has 2 amide bonds. The molecule has 1 aromatic heterocycles. The highest BCUT2D eigenvalue weighted by Gasteiger charge is 2.49. The smallest absolute Gasteiger partial charge is 0.253 e. The topological polar surface area (TPSA) is 63.6 Å². The number of aromatic nitrogens is 1. The maximum atomic E-state index is 12.3. The minimum absolute atomic E-state index is 0.00700. The van der Waals surface area contributed by atoms with E-state index >= 15 is 0 Å². The summed E-state index contributed by atoms with van der Waals surface area (Å²) in [5.74, 6) is 0.0686. The molecule has 1 saturated carbocycles. The normalized spacial score (nSPS) is 22.7. The molecule has 0 aromatic carbocycles. The van der Waals surface area contributed by atoms with E-state index < -0.39 is 0 Å². The van der Waals surface area contributed by atoms with Crippen LogP contribution in [0.15, 0.2) is 18.5 Å². The molecule has 1 spiro atoms. The van der Waals surface area contributed by atoms with Gasteiger partial charge in [-0.2, -0.15) is 0 Å². The van der Waals surface area contributed by atoms with Crippen LogP contribution >= 0.6 is 0 Å². The van der Waals surface area contributed by atoms with Crippen molar-refractivity contribution in [3.05, 3.63) is 24.0 Å². The number of methoxy groups -OCH3 is 1. The second kappa shape index (κ2) is 6.35. The number of hydrogen-bond acceptors (Lipinski definition) is 3. The summed E-state index contributed by atoms with van der Waals surface area (Å²) in [7, 11) is 3.46. The maximum absolute atomic E-state index is 12.3. The Bertz CT molecular complexity index is 588. The monoisotopic (exact) mass is 319 g/mol. The first kappa shape index (κ1) is 16.1. The third kappa shape index (κ3) is 3.13. The Morgan fingerprint density at radius 1 is 1.35 bits per heavy atom. The molecule has 1 aliphatic heterocycles. The number of carbonyl (C=O) groups excluding carboxylic acids is 2. The van der Waals surface area contributed by atoms with Crippen molar-refractivity contribution < 1.29 is 14.3 Å². The molecule has 0 unspecified atom stereocenters. The van der Waals surface area contributed by atoms with Gasteiger partial charge in [-0.1, -0.05) is 0 Å². The van der Waals surface area contributed by atoms with Gasteiger partial charge in [0.1, 0.15) is 6.61 Å². The first-order valence-corrected chi connectivity index (χ1v) is 8.24. The van der Waals surface area contributed by atoms with E-state index in [2.05, 4.69) is 5.32 Å². The molecule has 0 radical (unpaired) electrons. The van der Waals surface area contributed by atoms with Crippen LogP contribution in [0, 0.1) is 5.41 Å². The average Bonchev–Trinajstić information content (AvgIpc) is 2.98. The quantitative estimate of drug-likeness (QED) is 0.906. The predicted molar refractivity (Wildman–Crippen MR) is 86.0 cm³/mol. The molecule has 2 heterocycles. The fourth-order valence-electron chi connectivity index (χ4n) is 3.82. The Labute approximate surface area is 136 Å². The molecule has 2 aliphatic rings. The predicted octanol–water partition coefficient (Wildman–Crippen LogP) is 1.17. The SMILES string of the molecule is COCC(=O)N1CCC2(CC[C@H]2NC(=O)c2ccn(C)c2)CC1. The number of amides is 2. The first-order valence-electron chi connectivity index (χ1n) is 8.24. The van der Waals surface area contributed by atoms with E-state index in [1.165, 1.54) is 0 Å². The summed E-state index contributed by atoms with van der Waals surface area (Å²) in [5.41, 5.74) is 0.885. The first-order chi connectivity index (χ1) is 11.0. The molecular formula is C17H25N3O3. The Kier molecular flexibility index (Phi) is 4.43. The van der Waals surface area contributed by atoms with Gasteiger partial charge >= 0.3 is 0 Å². The van der Waals surface area contributed by atoms with Crippen LogP contribution in [0.4, 0.5) is 0 Å². The zero-order valence-electron chi connectivity index (χ0n) is 13.9. The van der Waals surface area contributed by atoms with E-state index in [1.54, 1.807) is 7.11 Å². The molecule has 2 fully saturated rings. The lowest BCUT2D eigenvalue weighted by atomic mass is 9.59. The Morgan fingerprint density at radius 2 is 2.09 bits per heavy atom. The van der Waals surface area contributed by atoms with Crippen molar-refractivity contribution in [1.82, 2.24) is 14.8 Å². The molecule has 126 valence electrons. The molecule has 6 heteroatoms.